The fourth-order valence-corrected chi connectivity index (χ4v) is 3.26. The van der Waals surface area contributed by atoms with E-state index in [1.54, 1.807) is 0 Å². The maximum atomic E-state index is 4.63. The molecule has 0 unspecified atom stereocenters. The molecular weight excluding hydrogens is 262 g/mol. The molecule has 0 aliphatic heterocycles. The summed E-state index contributed by atoms with van der Waals surface area (Å²) >= 11 is 4.63. The highest BCUT2D eigenvalue weighted by molar-refractivity contribution is 7.78. The number of allylic oxidation sites excluding steroid dienone is 2. The van der Waals surface area contributed by atoms with Crippen molar-refractivity contribution < 1.29 is 0 Å². The summed E-state index contributed by atoms with van der Waals surface area (Å²) in [5.74, 6) is 1.67. The Labute approximate surface area is 127 Å². The minimum atomic E-state index is 0.735. The first kappa shape index (κ1) is 15.2. The lowest BCUT2D eigenvalue weighted by molar-refractivity contribution is 0.312. The van der Waals surface area contributed by atoms with Crippen LogP contribution in [0.25, 0.3) is 0 Å². The summed E-state index contributed by atoms with van der Waals surface area (Å²) in [7, 11) is 0. The number of benzene rings is 1. The van der Waals surface area contributed by atoms with E-state index in [9.17, 15) is 0 Å². The zero-order chi connectivity index (χ0) is 14.2. The zero-order valence-corrected chi connectivity index (χ0v) is 13.0. The molecule has 1 nitrogen and oxygen atoms in total. The molecule has 106 valence electrons. The van der Waals surface area contributed by atoms with Crippen LogP contribution in [0.5, 0.6) is 0 Å². The van der Waals surface area contributed by atoms with Gasteiger partial charge in [0.1, 0.15) is 0 Å². The molecule has 2 rings (SSSR count). The summed E-state index contributed by atoms with van der Waals surface area (Å²) in [6, 6.07) is 8.51. The molecule has 0 N–H and O–H groups in total. The van der Waals surface area contributed by atoms with Gasteiger partial charge in [-0.2, -0.15) is 4.99 Å². The molecule has 1 aromatic carbocycles. The fraction of sp³-hybridized carbons (Fsp3) is 0.500. The topological polar surface area (TPSA) is 12.4 Å². The molecule has 1 aromatic rings. The number of nitrogens with zero attached hydrogens (tertiary/aromatic N) is 1. The molecule has 0 aromatic heterocycles. The number of hydrogen-bond acceptors (Lipinski definition) is 2. The summed E-state index contributed by atoms with van der Waals surface area (Å²) in [5.41, 5.74) is 2.36. The number of rotatable bonds is 5. The van der Waals surface area contributed by atoms with Crippen LogP contribution in [0.1, 0.15) is 56.9 Å². The van der Waals surface area contributed by atoms with Gasteiger partial charge in [-0.05, 0) is 87.2 Å². The van der Waals surface area contributed by atoms with E-state index in [0.29, 0.717) is 0 Å². The van der Waals surface area contributed by atoms with Gasteiger partial charge in [0.15, 0.2) is 0 Å². The number of isothiocyanates is 1. The summed E-state index contributed by atoms with van der Waals surface area (Å²) in [4.78, 5) is 4.01. The average molecular weight is 285 g/mol. The second kappa shape index (κ2) is 8.14. The van der Waals surface area contributed by atoms with Crippen LogP contribution in [0.15, 0.2) is 41.4 Å². The third-order valence-electron chi connectivity index (χ3n) is 4.36. The summed E-state index contributed by atoms with van der Waals surface area (Å²) in [6.45, 7) is 2.11. The standard InChI is InChI=1S/C18H23NS/c1-2-3-4-5-15-6-8-16(9-7-15)17-10-12-18(13-11-17)19-14-20/h2-3,10-13,15-16H,4-9H2,1H3/t15-,16-. The first-order chi connectivity index (χ1) is 9.83. The molecule has 0 saturated heterocycles. The Balaban J connectivity index is 1.85. The molecule has 0 spiro atoms. The normalized spacial score (nSPS) is 22.6. The van der Waals surface area contributed by atoms with Crippen molar-refractivity contribution in [2.75, 3.05) is 0 Å². The van der Waals surface area contributed by atoms with Crippen molar-refractivity contribution in [3.05, 3.63) is 42.0 Å². The van der Waals surface area contributed by atoms with E-state index in [0.717, 1.165) is 17.5 Å². The highest BCUT2D eigenvalue weighted by Gasteiger charge is 2.21. The lowest BCUT2D eigenvalue weighted by Gasteiger charge is -2.28. The molecule has 0 atom stereocenters. The van der Waals surface area contributed by atoms with Crippen molar-refractivity contribution in [2.24, 2.45) is 10.9 Å². The molecule has 0 radical (unpaired) electrons. The number of thiocarbonyl (C=S) groups is 1. The fourth-order valence-electron chi connectivity index (χ4n) is 3.16. The first-order valence-electron chi connectivity index (χ1n) is 7.62. The van der Waals surface area contributed by atoms with Crippen molar-refractivity contribution in [1.29, 1.82) is 0 Å². The van der Waals surface area contributed by atoms with E-state index in [4.69, 9.17) is 0 Å². The van der Waals surface area contributed by atoms with Gasteiger partial charge in [0.05, 0.1) is 10.8 Å². The number of aliphatic imine (C=N–C) groups is 1. The van der Waals surface area contributed by atoms with Crippen molar-refractivity contribution in [1.82, 2.24) is 0 Å². The molecule has 1 aliphatic carbocycles. The minimum Gasteiger partial charge on any atom is -0.195 e. The highest BCUT2D eigenvalue weighted by Crippen LogP contribution is 2.37. The molecule has 1 saturated carbocycles. The Morgan fingerprint density at radius 2 is 1.90 bits per heavy atom. The third-order valence-corrected chi connectivity index (χ3v) is 4.45. The van der Waals surface area contributed by atoms with Gasteiger partial charge in [0.2, 0.25) is 0 Å². The van der Waals surface area contributed by atoms with Crippen molar-refractivity contribution in [3.8, 4) is 0 Å². The van der Waals surface area contributed by atoms with Gasteiger partial charge < -0.3 is 0 Å². The summed E-state index contributed by atoms with van der Waals surface area (Å²) in [5, 5.41) is 2.42. The van der Waals surface area contributed by atoms with Gasteiger partial charge in [0.25, 0.3) is 0 Å². The van der Waals surface area contributed by atoms with Gasteiger partial charge in [-0.1, -0.05) is 24.3 Å². The monoisotopic (exact) mass is 285 g/mol. The third kappa shape index (κ3) is 4.40. The lowest BCUT2D eigenvalue weighted by Crippen LogP contribution is -2.13. The maximum Gasteiger partial charge on any atom is 0.0739 e. The van der Waals surface area contributed by atoms with Crippen LogP contribution >= 0.6 is 12.2 Å². The molecule has 1 aliphatic rings. The predicted molar refractivity (Wildman–Crippen MR) is 89.9 cm³/mol. The van der Waals surface area contributed by atoms with Crippen LogP contribution < -0.4 is 0 Å². The average Bonchev–Trinajstić information content (AvgIpc) is 2.49. The minimum absolute atomic E-state index is 0.735. The van der Waals surface area contributed by atoms with E-state index in [2.05, 4.69) is 53.6 Å². The number of hydrogen-bond donors (Lipinski definition) is 0. The van der Waals surface area contributed by atoms with Crippen LogP contribution in [-0.2, 0) is 0 Å². The molecule has 0 amide bonds. The Bertz CT molecular complexity index is 475. The van der Waals surface area contributed by atoms with Crippen LogP contribution in [0.3, 0.4) is 0 Å². The Morgan fingerprint density at radius 3 is 2.50 bits per heavy atom. The molecule has 20 heavy (non-hydrogen) atoms. The second-order valence-electron chi connectivity index (χ2n) is 5.66. The van der Waals surface area contributed by atoms with Gasteiger partial charge in [-0.15, -0.1) is 0 Å². The zero-order valence-electron chi connectivity index (χ0n) is 12.2. The van der Waals surface area contributed by atoms with Gasteiger partial charge in [-0.3, -0.25) is 0 Å². The van der Waals surface area contributed by atoms with Crippen LogP contribution in [0.2, 0.25) is 0 Å². The lowest BCUT2D eigenvalue weighted by atomic mass is 9.77. The molecule has 2 heteroatoms. The largest absolute Gasteiger partial charge is 0.195 e. The van der Waals surface area contributed by atoms with E-state index in [1.807, 2.05) is 12.1 Å². The Kier molecular flexibility index (Phi) is 6.17. The quantitative estimate of drug-likeness (QED) is 0.364. The van der Waals surface area contributed by atoms with E-state index in [1.165, 1.54) is 44.1 Å². The van der Waals surface area contributed by atoms with E-state index >= 15 is 0 Å². The molecule has 0 bridgehead atoms. The maximum absolute atomic E-state index is 4.63. The second-order valence-corrected chi connectivity index (χ2v) is 5.84. The summed E-state index contributed by atoms with van der Waals surface area (Å²) in [6.07, 6.45) is 12.5. The van der Waals surface area contributed by atoms with Crippen molar-refractivity contribution >= 4 is 23.1 Å². The first-order valence-corrected chi connectivity index (χ1v) is 8.03. The van der Waals surface area contributed by atoms with Crippen LogP contribution in [0, 0.1) is 5.92 Å². The van der Waals surface area contributed by atoms with Gasteiger partial charge >= 0.3 is 0 Å². The smallest absolute Gasteiger partial charge is 0.0739 e. The van der Waals surface area contributed by atoms with Crippen molar-refractivity contribution in [2.45, 2.75) is 51.4 Å². The Morgan fingerprint density at radius 1 is 1.20 bits per heavy atom. The SMILES string of the molecule is CC=CCC[C@H]1CC[C@H](c2ccc(N=C=S)cc2)CC1. The Hall–Kier alpha value is -1.24. The molecule has 0 heterocycles. The van der Waals surface area contributed by atoms with Crippen LogP contribution in [-0.4, -0.2) is 5.16 Å². The van der Waals surface area contributed by atoms with Gasteiger partial charge in [-0.25, -0.2) is 0 Å². The van der Waals surface area contributed by atoms with Crippen LogP contribution in [0.4, 0.5) is 5.69 Å². The van der Waals surface area contributed by atoms with E-state index < -0.39 is 0 Å². The molecular formula is C18H23NS. The van der Waals surface area contributed by atoms with E-state index in [-0.39, 0.29) is 0 Å². The van der Waals surface area contributed by atoms with Crippen molar-refractivity contribution in [3.63, 3.8) is 0 Å². The highest BCUT2D eigenvalue weighted by atomic mass is 32.1. The van der Waals surface area contributed by atoms with Gasteiger partial charge in [0, 0.05) is 0 Å². The predicted octanol–water partition coefficient (Wildman–Crippen LogP) is 6.05. The summed E-state index contributed by atoms with van der Waals surface area (Å²) < 4.78 is 0. The molecule has 1 fully saturated rings.